The maximum atomic E-state index is 13.0. The molecule has 9 nitrogen and oxygen atoms in total. The molecule has 0 aliphatic rings. The Balaban J connectivity index is 1.68. The van der Waals surface area contributed by atoms with Crippen molar-refractivity contribution in [2.24, 2.45) is 0 Å². The lowest BCUT2D eigenvalue weighted by Crippen LogP contribution is -2.37. The highest BCUT2D eigenvalue weighted by Gasteiger charge is 2.21. The summed E-state index contributed by atoms with van der Waals surface area (Å²) in [5.41, 5.74) is 1.22. The zero-order valence-electron chi connectivity index (χ0n) is 16.7. The summed E-state index contributed by atoms with van der Waals surface area (Å²) in [5, 5.41) is 7.34. The molecule has 4 aromatic rings. The summed E-state index contributed by atoms with van der Waals surface area (Å²) in [4.78, 5) is 39.2. The number of hydrogen-bond acceptors (Lipinski definition) is 8. The second-order valence-corrected chi connectivity index (χ2v) is 7.95. The van der Waals surface area contributed by atoms with Crippen LogP contribution in [0.1, 0.15) is 25.8 Å². The minimum atomic E-state index is -0.270. The molecule has 10 heteroatoms. The summed E-state index contributed by atoms with van der Waals surface area (Å²) < 4.78 is 6.75. The highest BCUT2D eigenvalue weighted by Crippen LogP contribution is 2.35. The minimum Gasteiger partial charge on any atom is -0.352 e. The normalized spacial score (nSPS) is 12.2. The molecule has 0 aromatic carbocycles. The Morgan fingerprint density at radius 3 is 2.83 bits per heavy atom. The summed E-state index contributed by atoms with van der Waals surface area (Å²) in [6.45, 7) is 5.64. The maximum Gasteiger partial charge on any atom is 0.268 e. The summed E-state index contributed by atoms with van der Waals surface area (Å²) in [6, 6.07) is 3.63. The van der Waals surface area contributed by atoms with E-state index in [1.54, 1.807) is 24.5 Å². The molecule has 30 heavy (non-hydrogen) atoms. The van der Waals surface area contributed by atoms with Crippen molar-refractivity contribution in [2.75, 3.05) is 0 Å². The van der Waals surface area contributed by atoms with Crippen LogP contribution in [0.4, 0.5) is 0 Å². The van der Waals surface area contributed by atoms with Gasteiger partial charge in [0.2, 0.25) is 11.7 Å². The van der Waals surface area contributed by atoms with Gasteiger partial charge in [-0.15, -0.1) is 11.3 Å². The standard InChI is InChI=1S/C20H20N6O3S/c1-4-11(2)23-14(27)9-26-10-22-19-15(20(26)28)12(3)16(30-19)18-24-17(25-29-18)13-5-7-21-8-6-13/h5-8,10-11H,4,9H2,1-3H3,(H,23,27)/t11-/m0/s1. The molecule has 0 radical (unpaired) electrons. The van der Waals surface area contributed by atoms with Crippen LogP contribution in [0.25, 0.3) is 32.4 Å². The predicted molar refractivity (Wildman–Crippen MR) is 113 cm³/mol. The van der Waals surface area contributed by atoms with Gasteiger partial charge in [-0.2, -0.15) is 4.98 Å². The highest BCUT2D eigenvalue weighted by molar-refractivity contribution is 7.22. The smallest absolute Gasteiger partial charge is 0.268 e. The van der Waals surface area contributed by atoms with Crippen LogP contribution < -0.4 is 10.9 Å². The Morgan fingerprint density at radius 2 is 2.10 bits per heavy atom. The number of hydrogen-bond donors (Lipinski definition) is 1. The molecule has 0 saturated carbocycles. The molecule has 0 saturated heterocycles. The van der Waals surface area contributed by atoms with Crippen molar-refractivity contribution in [1.82, 2.24) is 30.0 Å². The van der Waals surface area contributed by atoms with E-state index in [4.69, 9.17) is 4.52 Å². The number of pyridine rings is 1. The first-order valence-corrected chi connectivity index (χ1v) is 10.3. The number of aromatic nitrogens is 5. The number of carbonyl (C=O) groups excluding carboxylic acids is 1. The summed E-state index contributed by atoms with van der Waals surface area (Å²) in [6.07, 6.45) is 5.52. The van der Waals surface area contributed by atoms with E-state index >= 15 is 0 Å². The van der Waals surface area contributed by atoms with Gasteiger partial charge in [0.25, 0.3) is 11.4 Å². The summed E-state index contributed by atoms with van der Waals surface area (Å²) in [5.74, 6) is 0.540. The molecule has 154 valence electrons. The molecule has 1 atom stereocenters. The van der Waals surface area contributed by atoms with Crippen molar-refractivity contribution in [3.63, 3.8) is 0 Å². The number of thiophene rings is 1. The number of amides is 1. The third kappa shape index (κ3) is 3.73. The van der Waals surface area contributed by atoms with Gasteiger partial charge in [0.1, 0.15) is 11.4 Å². The Hall–Kier alpha value is -3.40. The van der Waals surface area contributed by atoms with Gasteiger partial charge in [-0.25, -0.2) is 4.98 Å². The van der Waals surface area contributed by atoms with Gasteiger partial charge in [-0.3, -0.25) is 19.1 Å². The third-order valence-corrected chi connectivity index (χ3v) is 6.00. The van der Waals surface area contributed by atoms with E-state index in [0.29, 0.717) is 32.4 Å². The number of aryl methyl sites for hydroxylation is 1. The van der Waals surface area contributed by atoms with Crippen molar-refractivity contribution in [1.29, 1.82) is 0 Å². The van der Waals surface area contributed by atoms with Crippen LogP contribution in [0.5, 0.6) is 0 Å². The van der Waals surface area contributed by atoms with E-state index in [1.807, 2.05) is 20.8 Å². The lowest BCUT2D eigenvalue weighted by molar-refractivity contribution is -0.122. The van der Waals surface area contributed by atoms with Crippen molar-refractivity contribution < 1.29 is 9.32 Å². The second kappa shape index (κ2) is 8.15. The average molecular weight is 424 g/mol. The van der Waals surface area contributed by atoms with Gasteiger partial charge in [-0.05, 0) is 38.0 Å². The van der Waals surface area contributed by atoms with Gasteiger partial charge < -0.3 is 9.84 Å². The SMILES string of the molecule is CC[C@H](C)NC(=O)Cn1cnc2sc(-c3nc(-c4ccncc4)no3)c(C)c2c1=O. The summed E-state index contributed by atoms with van der Waals surface area (Å²) in [7, 11) is 0. The number of nitrogens with zero attached hydrogens (tertiary/aromatic N) is 5. The molecule has 0 bridgehead atoms. The predicted octanol–water partition coefficient (Wildman–Crippen LogP) is 2.79. The Kier molecular flexibility index (Phi) is 5.40. The number of fused-ring (bicyclic) bond motifs is 1. The molecule has 4 heterocycles. The van der Waals surface area contributed by atoms with Gasteiger partial charge in [0.05, 0.1) is 16.6 Å². The molecule has 0 aliphatic heterocycles. The fourth-order valence-corrected chi connectivity index (χ4v) is 4.05. The monoisotopic (exact) mass is 424 g/mol. The Labute approximate surface area is 175 Å². The van der Waals surface area contributed by atoms with Crippen LogP contribution in [0.15, 0.2) is 40.2 Å². The molecular weight excluding hydrogens is 404 g/mol. The molecular formula is C20H20N6O3S. The number of rotatable bonds is 6. The summed E-state index contributed by atoms with van der Waals surface area (Å²) >= 11 is 1.31. The number of nitrogens with one attached hydrogen (secondary N) is 1. The van der Waals surface area contributed by atoms with Crippen LogP contribution in [-0.2, 0) is 11.3 Å². The molecule has 4 rings (SSSR count). The van der Waals surface area contributed by atoms with Crippen molar-refractivity contribution in [3.8, 4) is 22.2 Å². The largest absolute Gasteiger partial charge is 0.352 e. The van der Waals surface area contributed by atoms with Crippen LogP contribution in [0.2, 0.25) is 0 Å². The first-order chi connectivity index (χ1) is 14.5. The first-order valence-electron chi connectivity index (χ1n) is 9.50. The quantitative estimate of drug-likeness (QED) is 0.506. The van der Waals surface area contributed by atoms with E-state index in [0.717, 1.165) is 12.0 Å². The lowest BCUT2D eigenvalue weighted by Gasteiger charge is -2.12. The van der Waals surface area contributed by atoms with Crippen LogP contribution in [0.3, 0.4) is 0 Å². The lowest BCUT2D eigenvalue weighted by atomic mass is 10.2. The molecule has 4 aromatic heterocycles. The van der Waals surface area contributed by atoms with E-state index in [9.17, 15) is 9.59 Å². The zero-order valence-corrected chi connectivity index (χ0v) is 17.6. The first kappa shape index (κ1) is 19.9. The molecule has 1 N–H and O–H groups in total. The Bertz CT molecular complexity index is 1260. The molecule has 0 spiro atoms. The van der Waals surface area contributed by atoms with E-state index < -0.39 is 0 Å². The van der Waals surface area contributed by atoms with Gasteiger partial charge in [0, 0.05) is 24.0 Å². The fourth-order valence-electron chi connectivity index (χ4n) is 2.99. The van der Waals surface area contributed by atoms with Crippen LogP contribution in [0, 0.1) is 6.92 Å². The van der Waals surface area contributed by atoms with Crippen molar-refractivity contribution in [2.45, 2.75) is 39.8 Å². The Morgan fingerprint density at radius 1 is 1.33 bits per heavy atom. The zero-order chi connectivity index (χ0) is 21.3. The van der Waals surface area contributed by atoms with Gasteiger partial charge in [-0.1, -0.05) is 12.1 Å². The molecule has 0 fully saturated rings. The molecule has 0 aliphatic carbocycles. The second-order valence-electron chi connectivity index (χ2n) is 6.95. The topological polar surface area (TPSA) is 116 Å². The van der Waals surface area contributed by atoms with Gasteiger partial charge >= 0.3 is 0 Å². The van der Waals surface area contributed by atoms with Gasteiger partial charge in [0.15, 0.2) is 0 Å². The van der Waals surface area contributed by atoms with Crippen molar-refractivity contribution >= 4 is 27.5 Å². The van der Waals surface area contributed by atoms with Crippen molar-refractivity contribution in [3.05, 3.63) is 46.8 Å². The fraction of sp³-hybridized carbons (Fsp3) is 0.300. The van der Waals surface area contributed by atoms with Crippen LogP contribution >= 0.6 is 11.3 Å². The molecule has 0 unspecified atom stereocenters. The number of carbonyl (C=O) groups is 1. The average Bonchev–Trinajstić information content (AvgIpc) is 3.36. The van der Waals surface area contributed by atoms with Crippen LogP contribution in [-0.4, -0.2) is 36.6 Å². The van der Waals surface area contributed by atoms with E-state index in [-0.39, 0.29) is 24.1 Å². The molecule has 1 amide bonds. The van der Waals surface area contributed by atoms with E-state index in [2.05, 4.69) is 25.4 Å². The maximum absolute atomic E-state index is 13.0. The minimum absolute atomic E-state index is 0.0477. The highest BCUT2D eigenvalue weighted by atomic mass is 32.1. The third-order valence-electron chi connectivity index (χ3n) is 4.81. The van der Waals surface area contributed by atoms with E-state index in [1.165, 1.54) is 22.2 Å².